The molecule has 0 N–H and O–H groups in total. The minimum absolute atomic E-state index is 0.0182. The van der Waals surface area contributed by atoms with Gasteiger partial charge in [-0.15, -0.1) is 0 Å². The van der Waals surface area contributed by atoms with E-state index >= 15 is 0 Å². The Morgan fingerprint density at radius 2 is 2.05 bits per heavy atom. The van der Waals surface area contributed by atoms with E-state index in [1.54, 1.807) is 19.2 Å². The number of rotatable bonds is 1. The number of nitrogens with zero attached hydrogens (tertiary/aromatic N) is 2. The van der Waals surface area contributed by atoms with Crippen LogP contribution >= 0.6 is 0 Å². The van der Waals surface area contributed by atoms with Crippen molar-refractivity contribution in [3.05, 3.63) is 58.4 Å². The molecule has 0 spiro atoms. The largest absolute Gasteiger partial charge is 0.497 e. The molecule has 1 aliphatic rings. The summed E-state index contributed by atoms with van der Waals surface area (Å²) in [6.45, 7) is 2.07. The molecule has 0 saturated heterocycles. The van der Waals surface area contributed by atoms with Gasteiger partial charge in [0.15, 0.2) is 0 Å². The number of ether oxygens (including phenoxy) is 1. The third-order valence-corrected chi connectivity index (χ3v) is 4.32. The van der Waals surface area contributed by atoms with Crippen LogP contribution in [-0.2, 0) is 6.42 Å². The number of aromatic nitrogens is 2. The maximum absolute atomic E-state index is 12.9. The van der Waals surface area contributed by atoms with Gasteiger partial charge in [0, 0.05) is 17.7 Å². The second-order valence-corrected chi connectivity index (χ2v) is 5.70. The van der Waals surface area contributed by atoms with Crippen LogP contribution in [0.5, 0.6) is 5.75 Å². The molecule has 0 bridgehead atoms. The van der Waals surface area contributed by atoms with Crippen molar-refractivity contribution in [1.29, 1.82) is 0 Å². The zero-order valence-electron chi connectivity index (χ0n) is 12.5. The quantitative estimate of drug-likeness (QED) is 0.692. The molecule has 2 aromatic carbocycles. The van der Waals surface area contributed by atoms with Crippen molar-refractivity contribution < 1.29 is 4.74 Å². The van der Waals surface area contributed by atoms with E-state index in [0.717, 1.165) is 17.8 Å². The smallest absolute Gasteiger partial charge is 0.261 e. The van der Waals surface area contributed by atoms with Crippen molar-refractivity contribution >= 4 is 10.9 Å². The molecular weight excluding hydrogens is 276 g/mol. The van der Waals surface area contributed by atoms with Crippen molar-refractivity contribution in [2.45, 2.75) is 19.4 Å². The highest BCUT2D eigenvalue weighted by atomic mass is 16.5. The summed E-state index contributed by atoms with van der Waals surface area (Å²) < 4.78 is 7.06. The van der Waals surface area contributed by atoms with E-state index in [1.165, 1.54) is 5.56 Å². The number of benzene rings is 2. The maximum atomic E-state index is 12.9. The molecule has 0 amide bonds. The summed E-state index contributed by atoms with van der Waals surface area (Å²) in [6, 6.07) is 13.7. The molecule has 0 fully saturated rings. The highest BCUT2D eigenvalue weighted by molar-refractivity contribution is 5.82. The lowest BCUT2D eigenvalue weighted by Crippen LogP contribution is -2.30. The van der Waals surface area contributed by atoms with Crippen LogP contribution in [0.25, 0.3) is 22.3 Å². The van der Waals surface area contributed by atoms with Gasteiger partial charge in [0.25, 0.3) is 5.56 Å². The minimum atomic E-state index is 0.0182. The van der Waals surface area contributed by atoms with Crippen LogP contribution in [0.2, 0.25) is 0 Å². The van der Waals surface area contributed by atoms with Crippen LogP contribution < -0.4 is 10.3 Å². The van der Waals surface area contributed by atoms with Gasteiger partial charge in [-0.05, 0) is 31.0 Å². The zero-order chi connectivity index (χ0) is 15.3. The summed E-state index contributed by atoms with van der Waals surface area (Å²) in [6.07, 6.45) is 0.854. The van der Waals surface area contributed by atoms with Gasteiger partial charge < -0.3 is 4.74 Å². The molecule has 22 heavy (non-hydrogen) atoms. The van der Waals surface area contributed by atoms with Gasteiger partial charge in [0.2, 0.25) is 0 Å². The second-order valence-electron chi connectivity index (χ2n) is 5.70. The third-order valence-electron chi connectivity index (χ3n) is 4.32. The SMILES string of the molecule is COc1ccc2c(=O)n3c(nc2c1)-c1ccccc1CC3C. The molecular formula is C18H16N2O2. The fourth-order valence-corrected chi connectivity index (χ4v) is 3.23. The summed E-state index contributed by atoms with van der Waals surface area (Å²) in [7, 11) is 1.61. The Balaban J connectivity index is 2.11. The molecule has 4 heteroatoms. The van der Waals surface area contributed by atoms with Crippen LogP contribution in [0.4, 0.5) is 0 Å². The molecule has 1 atom stereocenters. The average molecular weight is 292 g/mol. The predicted molar refractivity (Wildman–Crippen MR) is 86.4 cm³/mol. The van der Waals surface area contributed by atoms with Gasteiger partial charge in [-0.2, -0.15) is 0 Å². The lowest BCUT2D eigenvalue weighted by atomic mass is 9.95. The van der Waals surface area contributed by atoms with Crippen molar-refractivity contribution in [3.8, 4) is 17.1 Å². The molecule has 2 heterocycles. The van der Waals surface area contributed by atoms with Crippen LogP contribution in [0.15, 0.2) is 47.3 Å². The Labute approximate surface area is 128 Å². The Morgan fingerprint density at radius 1 is 1.23 bits per heavy atom. The highest BCUT2D eigenvalue weighted by Crippen LogP contribution is 2.32. The van der Waals surface area contributed by atoms with Gasteiger partial charge in [0.1, 0.15) is 11.6 Å². The average Bonchev–Trinajstić information content (AvgIpc) is 2.54. The van der Waals surface area contributed by atoms with Crippen molar-refractivity contribution in [1.82, 2.24) is 9.55 Å². The fraction of sp³-hybridized carbons (Fsp3) is 0.222. The van der Waals surface area contributed by atoms with Crippen LogP contribution in [0.3, 0.4) is 0 Å². The van der Waals surface area contributed by atoms with Crippen LogP contribution in [0, 0.1) is 0 Å². The Morgan fingerprint density at radius 3 is 2.86 bits per heavy atom. The van der Waals surface area contributed by atoms with Crippen LogP contribution in [-0.4, -0.2) is 16.7 Å². The van der Waals surface area contributed by atoms with Gasteiger partial charge in [-0.25, -0.2) is 4.98 Å². The molecule has 3 aromatic rings. The van der Waals surface area contributed by atoms with E-state index in [-0.39, 0.29) is 11.6 Å². The first-order chi connectivity index (χ1) is 10.7. The number of hydrogen-bond acceptors (Lipinski definition) is 3. The topological polar surface area (TPSA) is 44.1 Å². The standard InChI is InChI=1S/C18H16N2O2/c1-11-9-12-5-3-4-6-14(12)17-19-16-10-13(22-2)7-8-15(16)18(21)20(11)17/h3-8,10-11H,9H2,1-2H3. The van der Waals surface area contributed by atoms with E-state index in [1.807, 2.05) is 28.8 Å². The molecule has 0 aliphatic carbocycles. The Kier molecular flexibility index (Phi) is 2.79. The number of methoxy groups -OCH3 is 1. The molecule has 0 saturated carbocycles. The lowest BCUT2D eigenvalue weighted by Gasteiger charge is -2.26. The molecule has 110 valence electrons. The van der Waals surface area contributed by atoms with Crippen LogP contribution in [0.1, 0.15) is 18.5 Å². The van der Waals surface area contributed by atoms with E-state index < -0.39 is 0 Å². The maximum Gasteiger partial charge on any atom is 0.261 e. The van der Waals surface area contributed by atoms with Gasteiger partial charge in [-0.1, -0.05) is 24.3 Å². The summed E-state index contributed by atoms with van der Waals surface area (Å²) >= 11 is 0. The first kappa shape index (κ1) is 13.1. The van der Waals surface area contributed by atoms with E-state index in [9.17, 15) is 4.79 Å². The van der Waals surface area contributed by atoms with E-state index in [4.69, 9.17) is 9.72 Å². The fourth-order valence-electron chi connectivity index (χ4n) is 3.23. The summed E-state index contributed by atoms with van der Waals surface area (Å²) in [5.74, 6) is 1.46. The Hall–Kier alpha value is -2.62. The number of fused-ring (bicyclic) bond motifs is 4. The summed E-state index contributed by atoms with van der Waals surface area (Å²) in [4.78, 5) is 17.6. The van der Waals surface area contributed by atoms with E-state index in [0.29, 0.717) is 16.7 Å². The second kappa shape index (κ2) is 4.70. The molecule has 1 aliphatic heterocycles. The zero-order valence-corrected chi connectivity index (χ0v) is 12.5. The minimum Gasteiger partial charge on any atom is -0.497 e. The Bertz CT molecular complexity index is 943. The first-order valence-electron chi connectivity index (χ1n) is 7.37. The molecule has 1 aromatic heterocycles. The first-order valence-corrected chi connectivity index (χ1v) is 7.37. The van der Waals surface area contributed by atoms with E-state index in [2.05, 4.69) is 13.0 Å². The van der Waals surface area contributed by atoms with Crippen molar-refractivity contribution in [2.75, 3.05) is 7.11 Å². The molecule has 4 rings (SSSR count). The summed E-state index contributed by atoms with van der Waals surface area (Å²) in [5, 5.41) is 0.635. The predicted octanol–water partition coefficient (Wildman–Crippen LogP) is 3.19. The van der Waals surface area contributed by atoms with Gasteiger partial charge >= 0.3 is 0 Å². The lowest BCUT2D eigenvalue weighted by molar-refractivity contribution is 0.415. The van der Waals surface area contributed by atoms with Gasteiger partial charge in [0.05, 0.1) is 18.0 Å². The summed E-state index contributed by atoms with van der Waals surface area (Å²) in [5.41, 5.74) is 2.98. The molecule has 0 radical (unpaired) electrons. The van der Waals surface area contributed by atoms with Gasteiger partial charge in [-0.3, -0.25) is 9.36 Å². The highest BCUT2D eigenvalue weighted by Gasteiger charge is 2.24. The molecule has 1 unspecified atom stereocenters. The van der Waals surface area contributed by atoms with Crippen molar-refractivity contribution in [2.24, 2.45) is 0 Å². The molecule has 4 nitrogen and oxygen atoms in total. The normalized spacial score (nSPS) is 16.2. The third kappa shape index (κ3) is 1.77. The monoisotopic (exact) mass is 292 g/mol. The van der Waals surface area contributed by atoms with Crippen molar-refractivity contribution in [3.63, 3.8) is 0 Å². The number of hydrogen-bond donors (Lipinski definition) is 0.